The summed E-state index contributed by atoms with van der Waals surface area (Å²) in [6.45, 7) is 2.13. The van der Waals surface area contributed by atoms with Gasteiger partial charge in [0.1, 0.15) is 6.61 Å². The van der Waals surface area contributed by atoms with E-state index in [0.29, 0.717) is 23.7 Å². The molecule has 0 fully saturated rings. The molecule has 2 aromatic carbocycles. The standard InChI is InChI=1S/C25H23N3O3S2/c1-30-23-12-17(6-7-22(23)31-14-19-15-32-16-26-19)25(29)27-20-4-2-3-5-21(20)28-10-8-24-18(13-28)9-11-33-24/h2-7,9,11-12,15-16H,8,10,13-14H2,1H3,(H,27,29). The largest absolute Gasteiger partial charge is 0.493 e. The van der Waals surface area contributed by atoms with Gasteiger partial charge in [0, 0.05) is 28.9 Å². The van der Waals surface area contributed by atoms with Gasteiger partial charge in [-0.2, -0.15) is 0 Å². The minimum atomic E-state index is -0.194. The first kappa shape index (κ1) is 21.5. The van der Waals surface area contributed by atoms with E-state index in [1.165, 1.54) is 21.8 Å². The molecule has 2 aromatic heterocycles. The Bertz CT molecular complexity index is 1250. The molecule has 1 aliphatic rings. The summed E-state index contributed by atoms with van der Waals surface area (Å²) in [4.78, 5) is 21.1. The van der Waals surface area contributed by atoms with E-state index in [1.54, 1.807) is 30.8 Å². The zero-order valence-electron chi connectivity index (χ0n) is 18.1. The minimum Gasteiger partial charge on any atom is -0.493 e. The maximum absolute atomic E-state index is 13.1. The first-order chi connectivity index (χ1) is 16.2. The van der Waals surface area contributed by atoms with Crippen molar-refractivity contribution < 1.29 is 14.3 Å². The number of fused-ring (bicyclic) bond motifs is 1. The van der Waals surface area contributed by atoms with Crippen molar-refractivity contribution in [3.05, 3.63) is 86.5 Å². The van der Waals surface area contributed by atoms with E-state index >= 15 is 0 Å². The summed E-state index contributed by atoms with van der Waals surface area (Å²) in [5.41, 5.74) is 6.31. The quantitative estimate of drug-likeness (QED) is 0.375. The summed E-state index contributed by atoms with van der Waals surface area (Å²) in [6.07, 6.45) is 1.02. The Morgan fingerprint density at radius 1 is 1.18 bits per heavy atom. The second kappa shape index (κ2) is 9.64. The first-order valence-corrected chi connectivity index (χ1v) is 12.4. The molecule has 0 unspecified atom stereocenters. The van der Waals surface area contributed by atoms with Crippen LogP contribution in [0.15, 0.2) is 64.8 Å². The van der Waals surface area contributed by atoms with Gasteiger partial charge in [-0.05, 0) is 53.8 Å². The zero-order valence-corrected chi connectivity index (χ0v) is 19.7. The third-order valence-corrected chi connectivity index (χ3v) is 7.24. The second-order valence-electron chi connectivity index (χ2n) is 7.65. The van der Waals surface area contributed by atoms with Gasteiger partial charge in [0.15, 0.2) is 11.5 Å². The van der Waals surface area contributed by atoms with Gasteiger partial charge < -0.3 is 19.7 Å². The Kier molecular flexibility index (Phi) is 6.28. The van der Waals surface area contributed by atoms with Crippen LogP contribution in [0.2, 0.25) is 0 Å². The number of aromatic nitrogens is 1. The van der Waals surface area contributed by atoms with Crippen molar-refractivity contribution in [1.29, 1.82) is 0 Å². The molecule has 8 heteroatoms. The first-order valence-electron chi connectivity index (χ1n) is 10.6. The number of para-hydroxylation sites is 2. The van der Waals surface area contributed by atoms with Crippen LogP contribution in [-0.2, 0) is 19.6 Å². The number of methoxy groups -OCH3 is 1. The fraction of sp³-hybridized carbons (Fsp3) is 0.200. The topological polar surface area (TPSA) is 63.7 Å². The van der Waals surface area contributed by atoms with Crippen molar-refractivity contribution in [3.63, 3.8) is 0 Å². The van der Waals surface area contributed by atoms with E-state index in [2.05, 4.69) is 32.7 Å². The van der Waals surface area contributed by atoms with Gasteiger partial charge in [-0.1, -0.05) is 12.1 Å². The van der Waals surface area contributed by atoms with Gasteiger partial charge in [-0.3, -0.25) is 4.79 Å². The number of thiophene rings is 1. The number of nitrogens with zero attached hydrogens (tertiary/aromatic N) is 2. The Balaban J connectivity index is 1.32. The summed E-state index contributed by atoms with van der Waals surface area (Å²) < 4.78 is 11.3. The fourth-order valence-electron chi connectivity index (χ4n) is 3.89. The van der Waals surface area contributed by atoms with Crippen LogP contribution in [-0.4, -0.2) is 24.5 Å². The third-order valence-electron chi connectivity index (χ3n) is 5.59. The maximum atomic E-state index is 13.1. The molecule has 0 bridgehead atoms. The van der Waals surface area contributed by atoms with E-state index in [9.17, 15) is 4.79 Å². The highest BCUT2D eigenvalue weighted by atomic mass is 32.1. The van der Waals surface area contributed by atoms with Crippen LogP contribution < -0.4 is 19.7 Å². The number of carbonyl (C=O) groups excluding carboxylic acids is 1. The van der Waals surface area contributed by atoms with Crippen LogP contribution in [0.3, 0.4) is 0 Å². The maximum Gasteiger partial charge on any atom is 0.255 e. The van der Waals surface area contributed by atoms with Crippen molar-refractivity contribution >= 4 is 40.0 Å². The highest BCUT2D eigenvalue weighted by Gasteiger charge is 2.20. The molecule has 5 rings (SSSR count). The normalized spacial score (nSPS) is 12.8. The number of hydrogen-bond donors (Lipinski definition) is 1. The summed E-state index contributed by atoms with van der Waals surface area (Å²) >= 11 is 3.34. The number of hydrogen-bond acceptors (Lipinski definition) is 7. The van der Waals surface area contributed by atoms with Gasteiger partial charge in [0.05, 0.1) is 29.7 Å². The Morgan fingerprint density at radius 3 is 2.94 bits per heavy atom. The van der Waals surface area contributed by atoms with E-state index in [-0.39, 0.29) is 5.91 Å². The molecule has 33 heavy (non-hydrogen) atoms. The molecule has 0 aliphatic carbocycles. The van der Waals surface area contributed by atoms with Crippen molar-refractivity contribution in [2.24, 2.45) is 0 Å². The SMILES string of the molecule is COc1cc(C(=O)Nc2ccccc2N2CCc3sccc3C2)ccc1OCc1cscn1. The molecule has 0 atom stereocenters. The fourth-order valence-corrected chi connectivity index (χ4v) is 5.33. The van der Waals surface area contributed by atoms with Gasteiger partial charge in [0.2, 0.25) is 0 Å². The summed E-state index contributed by atoms with van der Waals surface area (Å²) in [5, 5.41) is 7.17. The van der Waals surface area contributed by atoms with E-state index in [0.717, 1.165) is 36.6 Å². The average Bonchev–Trinajstić information content (AvgIpc) is 3.54. The summed E-state index contributed by atoms with van der Waals surface area (Å²) in [7, 11) is 1.57. The van der Waals surface area contributed by atoms with Crippen molar-refractivity contribution in [1.82, 2.24) is 4.98 Å². The van der Waals surface area contributed by atoms with Crippen LogP contribution in [0.25, 0.3) is 0 Å². The van der Waals surface area contributed by atoms with Crippen molar-refractivity contribution in [2.45, 2.75) is 19.6 Å². The molecule has 1 N–H and O–H groups in total. The van der Waals surface area contributed by atoms with Crippen LogP contribution in [0.5, 0.6) is 11.5 Å². The Morgan fingerprint density at radius 2 is 2.09 bits per heavy atom. The predicted octanol–water partition coefficient (Wildman–Crippen LogP) is 5.61. The van der Waals surface area contributed by atoms with E-state index in [4.69, 9.17) is 9.47 Å². The molecule has 3 heterocycles. The van der Waals surface area contributed by atoms with Gasteiger partial charge in [0.25, 0.3) is 5.91 Å². The molecule has 0 spiro atoms. The van der Waals surface area contributed by atoms with Crippen molar-refractivity contribution in [2.75, 3.05) is 23.9 Å². The number of rotatable bonds is 7. The lowest BCUT2D eigenvalue weighted by molar-refractivity contribution is 0.102. The number of anilines is 2. The molecule has 0 saturated heterocycles. The predicted molar refractivity (Wildman–Crippen MR) is 133 cm³/mol. The average molecular weight is 478 g/mol. The lowest BCUT2D eigenvalue weighted by Gasteiger charge is -2.30. The molecule has 1 amide bonds. The third kappa shape index (κ3) is 4.72. The smallest absolute Gasteiger partial charge is 0.255 e. The van der Waals surface area contributed by atoms with Crippen LogP contribution in [0.4, 0.5) is 11.4 Å². The number of amides is 1. The second-order valence-corrected chi connectivity index (χ2v) is 9.37. The number of thiazole rings is 1. The molecular formula is C25H23N3O3S2. The van der Waals surface area contributed by atoms with Crippen LogP contribution in [0, 0.1) is 0 Å². The summed E-state index contributed by atoms with van der Waals surface area (Å²) in [6, 6.07) is 15.3. The molecule has 0 saturated carbocycles. The minimum absolute atomic E-state index is 0.194. The van der Waals surface area contributed by atoms with Crippen molar-refractivity contribution in [3.8, 4) is 11.5 Å². The molecular weight excluding hydrogens is 454 g/mol. The van der Waals surface area contributed by atoms with Gasteiger partial charge in [-0.25, -0.2) is 4.98 Å². The molecule has 6 nitrogen and oxygen atoms in total. The number of nitrogens with one attached hydrogen (secondary N) is 1. The molecule has 1 aliphatic heterocycles. The van der Waals surface area contributed by atoms with E-state index < -0.39 is 0 Å². The molecule has 4 aromatic rings. The highest BCUT2D eigenvalue weighted by molar-refractivity contribution is 7.10. The molecule has 168 valence electrons. The van der Waals surface area contributed by atoms with Gasteiger partial charge in [-0.15, -0.1) is 22.7 Å². The van der Waals surface area contributed by atoms with Gasteiger partial charge >= 0.3 is 0 Å². The number of carbonyl (C=O) groups is 1. The van der Waals surface area contributed by atoms with E-state index in [1.807, 2.05) is 34.9 Å². The Labute approximate surface area is 200 Å². The zero-order chi connectivity index (χ0) is 22.6. The van der Waals surface area contributed by atoms with Crippen LogP contribution in [0.1, 0.15) is 26.5 Å². The Hall–Kier alpha value is -3.36. The highest BCUT2D eigenvalue weighted by Crippen LogP contribution is 2.33. The number of benzene rings is 2. The summed E-state index contributed by atoms with van der Waals surface area (Å²) in [5.74, 6) is 0.884. The monoisotopic (exact) mass is 477 g/mol. The molecule has 0 radical (unpaired) electrons. The lowest BCUT2D eigenvalue weighted by atomic mass is 10.1. The lowest BCUT2D eigenvalue weighted by Crippen LogP contribution is -2.30. The number of ether oxygens (including phenoxy) is 2. The van der Waals surface area contributed by atoms with Crippen LogP contribution >= 0.6 is 22.7 Å².